The van der Waals surface area contributed by atoms with Crippen LogP contribution in [0.5, 0.6) is 0 Å². The summed E-state index contributed by atoms with van der Waals surface area (Å²) in [5, 5.41) is 0. The van der Waals surface area contributed by atoms with E-state index < -0.39 is 5.41 Å². The van der Waals surface area contributed by atoms with Gasteiger partial charge in [0, 0.05) is 5.69 Å². The number of carbonyl (C=O) groups excluding carboxylic acids is 2. The molecular formula is C12H13NO2. The molecule has 0 N–H and O–H groups in total. The van der Waals surface area contributed by atoms with Crippen LogP contribution in [0.25, 0.3) is 0 Å². The number of amides is 1. The molecule has 1 aromatic carbocycles. The standard InChI is InChI=1S/C12H13NO2/c1-12(2)10(14)8-13(11(12)15)9-6-4-3-5-7-9/h3-7H,8H2,1-2H3. The number of rotatable bonds is 1. The maximum Gasteiger partial charge on any atom is 0.240 e. The van der Waals surface area contributed by atoms with Gasteiger partial charge < -0.3 is 4.90 Å². The first-order chi connectivity index (χ1) is 7.03. The molecule has 3 nitrogen and oxygen atoms in total. The van der Waals surface area contributed by atoms with E-state index in [0.717, 1.165) is 5.69 Å². The van der Waals surface area contributed by atoms with Gasteiger partial charge >= 0.3 is 0 Å². The third-order valence-electron chi connectivity index (χ3n) is 2.85. The van der Waals surface area contributed by atoms with Gasteiger partial charge in [0.15, 0.2) is 5.78 Å². The average Bonchev–Trinajstić information content (AvgIpc) is 2.44. The maximum absolute atomic E-state index is 11.9. The Morgan fingerprint density at radius 1 is 1.13 bits per heavy atom. The van der Waals surface area contributed by atoms with E-state index in [1.165, 1.54) is 0 Å². The summed E-state index contributed by atoms with van der Waals surface area (Å²) in [5.41, 5.74) is -0.0723. The Balaban J connectivity index is 2.36. The Kier molecular flexibility index (Phi) is 2.11. The first kappa shape index (κ1) is 9.90. The quantitative estimate of drug-likeness (QED) is 0.650. The van der Waals surface area contributed by atoms with Gasteiger partial charge in [-0.25, -0.2) is 0 Å². The van der Waals surface area contributed by atoms with Crippen LogP contribution < -0.4 is 4.90 Å². The van der Waals surface area contributed by atoms with E-state index in [-0.39, 0.29) is 18.2 Å². The van der Waals surface area contributed by atoms with Crippen molar-refractivity contribution in [1.29, 1.82) is 0 Å². The molecule has 0 aliphatic carbocycles. The molecule has 1 aliphatic heterocycles. The molecule has 1 fully saturated rings. The summed E-state index contributed by atoms with van der Waals surface area (Å²) in [6, 6.07) is 9.28. The van der Waals surface area contributed by atoms with Crippen LogP contribution in [0.15, 0.2) is 30.3 Å². The molecule has 0 atom stereocenters. The summed E-state index contributed by atoms with van der Waals surface area (Å²) in [6.07, 6.45) is 0. The number of anilines is 1. The molecular weight excluding hydrogens is 190 g/mol. The largest absolute Gasteiger partial charge is 0.304 e. The van der Waals surface area contributed by atoms with E-state index in [2.05, 4.69) is 0 Å². The van der Waals surface area contributed by atoms with Gasteiger partial charge in [0.05, 0.1) is 6.54 Å². The Morgan fingerprint density at radius 2 is 1.73 bits per heavy atom. The van der Waals surface area contributed by atoms with Crippen LogP contribution in [0.3, 0.4) is 0 Å². The van der Waals surface area contributed by atoms with Gasteiger partial charge in [0.1, 0.15) is 5.41 Å². The second-order valence-corrected chi connectivity index (χ2v) is 4.28. The van der Waals surface area contributed by atoms with Crippen molar-refractivity contribution in [3.63, 3.8) is 0 Å². The molecule has 1 aromatic rings. The Morgan fingerprint density at radius 3 is 2.20 bits per heavy atom. The lowest BCUT2D eigenvalue weighted by atomic mass is 9.91. The van der Waals surface area contributed by atoms with E-state index in [9.17, 15) is 9.59 Å². The van der Waals surface area contributed by atoms with Crippen LogP contribution in [0, 0.1) is 5.41 Å². The van der Waals surface area contributed by atoms with E-state index in [1.54, 1.807) is 18.7 Å². The van der Waals surface area contributed by atoms with Crippen molar-refractivity contribution < 1.29 is 9.59 Å². The van der Waals surface area contributed by atoms with Crippen molar-refractivity contribution in [2.45, 2.75) is 13.8 Å². The summed E-state index contributed by atoms with van der Waals surface area (Å²) in [6.45, 7) is 3.55. The van der Waals surface area contributed by atoms with Crippen LogP contribution in [-0.2, 0) is 9.59 Å². The smallest absolute Gasteiger partial charge is 0.240 e. The zero-order chi connectivity index (χ0) is 11.1. The number of Topliss-reactive ketones (excluding diaryl/α,β-unsaturated/α-hetero) is 1. The molecule has 0 spiro atoms. The molecule has 78 valence electrons. The van der Waals surface area contributed by atoms with Crippen LogP contribution >= 0.6 is 0 Å². The fourth-order valence-corrected chi connectivity index (χ4v) is 1.69. The first-order valence-corrected chi connectivity index (χ1v) is 4.94. The predicted octanol–water partition coefficient (Wildman–Crippen LogP) is 1.63. The highest BCUT2D eigenvalue weighted by Crippen LogP contribution is 2.31. The highest BCUT2D eigenvalue weighted by atomic mass is 16.2. The van der Waals surface area contributed by atoms with Crippen molar-refractivity contribution in [1.82, 2.24) is 0 Å². The minimum absolute atomic E-state index is 0.0173. The molecule has 0 radical (unpaired) electrons. The molecule has 1 saturated heterocycles. The molecule has 1 amide bonds. The summed E-state index contributed by atoms with van der Waals surface area (Å²) in [5.74, 6) is -0.130. The SMILES string of the molecule is CC1(C)C(=O)CN(c2ccccc2)C1=O. The number of hydrogen-bond acceptors (Lipinski definition) is 2. The monoisotopic (exact) mass is 203 g/mol. The minimum atomic E-state index is -0.865. The average molecular weight is 203 g/mol. The molecule has 3 heteroatoms. The van der Waals surface area contributed by atoms with Crippen LogP contribution in [-0.4, -0.2) is 18.2 Å². The van der Waals surface area contributed by atoms with Gasteiger partial charge in [-0.1, -0.05) is 18.2 Å². The van der Waals surface area contributed by atoms with Gasteiger partial charge in [-0.05, 0) is 26.0 Å². The molecule has 0 aromatic heterocycles. The second kappa shape index (κ2) is 3.19. The van der Waals surface area contributed by atoms with Crippen LogP contribution in [0.1, 0.15) is 13.8 Å². The maximum atomic E-state index is 11.9. The number of nitrogens with zero attached hydrogens (tertiary/aromatic N) is 1. The molecule has 0 bridgehead atoms. The number of carbonyl (C=O) groups is 2. The van der Waals surface area contributed by atoms with Crippen molar-refractivity contribution in [2.24, 2.45) is 5.41 Å². The number of ketones is 1. The lowest BCUT2D eigenvalue weighted by Gasteiger charge is -2.17. The fourth-order valence-electron chi connectivity index (χ4n) is 1.69. The van der Waals surface area contributed by atoms with Crippen LogP contribution in [0.4, 0.5) is 5.69 Å². The van der Waals surface area contributed by atoms with Crippen molar-refractivity contribution >= 4 is 17.4 Å². The van der Waals surface area contributed by atoms with Gasteiger partial charge in [0.25, 0.3) is 0 Å². The lowest BCUT2D eigenvalue weighted by molar-refractivity contribution is -0.132. The third kappa shape index (κ3) is 1.44. The number of hydrogen-bond donors (Lipinski definition) is 0. The summed E-state index contributed by atoms with van der Waals surface area (Å²) >= 11 is 0. The topological polar surface area (TPSA) is 37.4 Å². The van der Waals surface area contributed by atoms with Crippen LogP contribution in [0.2, 0.25) is 0 Å². The summed E-state index contributed by atoms with van der Waals surface area (Å²) in [7, 11) is 0. The first-order valence-electron chi connectivity index (χ1n) is 4.94. The fraction of sp³-hybridized carbons (Fsp3) is 0.333. The van der Waals surface area contributed by atoms with Crippen molar-refractivity contribution in [3.8, 4) is 0 Å². The Hall–Kier alpha value is -1.64. The molecule has 0 unspecified atom stereocenters. The zero-order valence-corrected chi connectivity index (χ0v) is 8.86. The molecule has 2 rings (SSSR count). The predicted molar refractivity (Wildman–Crippen MR) is 57.6 cm³/mol. The van der Waals surface area contributed by atoms with Gasteiger partial charge in [-0.3, -0.25) is 9.59 Å². The molecule has 15 heavy (non-hydrogen) atoms. The third-order valence-corrected chi connectivity index (χ3v) is 2.85. The molecule has 0 saturated carbocycles. The molecule has 1 heterocycles. The van der Waals surface area contributed by atoms with E-state index in [1.807, 2.05) is 30.3 Å². The normalized spacial score (nSPS) is 19.7. The molecule has 1 aliphatic rings. The number of benzene rings is 1. The summed E-state index contributed by atoms with van der Waals surface area (Å²) in [4.78, 5) is 25.1. The summed E-state index contributed by atoms with van der Waals surface area (Å²) < 4.78 is 0. The lowest BCUT2D eigenvalue weighted by Crippen LogP contribution is -2.31. The zero-order valence-electron chi connectivity index (χ0n) is 8.86. The van der Waals surface area contributed by atoms with Crippen molar-refractivity contribution in [2.75, 3.05) is 11.4 Å². The highest BCUT2D eigenvalue weighted by molar-refractivity contribution is 6.20. The Labute approximate surface area is 88.7 Å². The van der Waals surface area contributed by atoms with E-state index in [0.29, 0.717) is 0 Å². The van der Waals surface area contributed by atoms with Gasteiger partial charge in [0.2, 0.25) is 5.91 Å². The van der Waals surface area contributed by atoms with Gasteiger partial charge in [-0.2, -0.15) is 0 Å². The van der Waals surface area contributed by atoms with E-state index in [4.69, 9.17) is 0 Å². The minimum Gasteiger partial charge on any atom is -0.304 e. The number of para-hydroxylation sites is 1. The Bertz CT molecular complexity index is 409. The van der Waals surface area contributed by atoms with E-state index >= 15 is 0 Å². The second-order valence-electron chi connectivity index (χ2n) is 4.28. The van der Waals surface area contributed by atoms with Gasteiger partial charge in [-0.15, -0.1) is 0 Å². The highest BCUT2D eigenvalue weighted by Gasteiger charge is 2.46. The van der Waals surface area contributed by atoms with Crippen molar-refractivity contribution in [3.05, 3.63) is 30.3 Å².